The molecule has 1 N–H and O–H groups in total. The molecule has 2 aromatic carbocycles. The number of nitrogens with one attached hydrogen (secondary N) is 1. The van der Waals surface area contributed by atoms with Crippen LogP contribution < -0.4 is 9.46 Å². The minimum absolute atomic E-state index is 0.0878. The molecule has 12 nitrogen and oxygen atoms in total. The Morgan fingerprint density at radius 2 is 1.62 bits per heavy atom. The van der Waals surface area contributed by atoms with Crippen LogP contribution in [0.5, 0.6) is 5.75 Å². The number of urea groups is 1. The van der Waals surface area contributed by atoms with E-state index in [0.717, 1.165) is 57.7 Å². The maximum Gasteiger partial charge on any atom is 0.319 e. The van der Waals surface area contributed by atoms with E-state index in [1.54, 1.807) is 57.2 Å². The number of methoxy groups -OCH3 is 1. The van der Waals surface area contributed by atoms with Gasteiger partial charge in [-0.25, -0.2) is 9.52 Å². The highest BCUT2D eigenvalue weighted by Gasteiger charge is 2.57. The lowest BCUT2D eigenvalue weighted by molar-refractivity contribution is -0.140. The number of fused-ring (bicyclic) bond motifs is 7. The molecular weight excluding hydrogens is 632 g/mol. The van der Waals surface area contributed by atoms with Crippen LogP contribution in [0.4, 0.5) is 4.79 Å². The van der Waals surface area contributed by atoms with Crippen molar-refractivity contribution in [3.05, 3.63) is 53.1 Å². The summed E-state index contributed by atoms with van der Waals surface area (Å²) in [5.74, 6) is -0.226. The van der Waals surface area contributed by atoms with Gasteiger partial charge < -0.3 is 24.0 Å². The van der Waals surface area contributed by atoms with Gasteiger partial charge in [0, 0.05) is 89.9 Å². The molecule has 4 amide bonds. The summed E-state index contributed by atoms with van der Waals surface area (Å²) in [5, 5.41) is 0.982. The largest absolute Gasteiger partial charge is 0.497 e. The Morgan fingerprint density at radius 3 is 2.25 bits per heavy atom. The van der Waals surface area contributed by atoms with Crippen molar-refractivity contribution in [2.24, 2.45) is 5.41 Å². The number of carbonyl (C=O) groups excluding carboxylic acids is 3. The van der Waals surface area contributed by atoms with Gasteiger partial charge in [0.1, 0.15) is 5.75 Å². The van der Waals surface area contributed by atoms with E-state index < -0.39 is 21.5 Å². The zero-order chi connectivity index (χ0) is 34.7. The number of ether oxygens (including phenoxy) is 1. The highest BCUT2D eigenvalue weighted by Crippen LogP contribution is 2.55. The molecule has 2 unspecified atom stereocenters. The van der Waals surface area contributed by atoms with Crippen molar-refractivity contribution in [1.29, 1.82) is 0 Å². The second kappa shape index (κ2) is 12.4. The van der Waals surface area contributed by atoms with Gasteiger partial charge in [0.2, 0.25) is 5.91 Å². The van der Waals surface area contributed by atoms with Gasteiger partial charge >= 0.3 is 16.2 Å². The number of hydrogen-bond acceptors (Lipinski definition) is 6. The molecule has 48 heavy (non-hydrogen) atoms. The summed E-state index contributed by atoms with van der Waals surface area (Å²) in [7, 11) is 7.25. The van der Waals surface area contributed by atoms with Crippen LogP contribution in [-0.4, -0.2) is 112 Å². The van der Waals surface area contributed by atoms with Crippen LogP contribution in [-0.2, 0) is 21.5 Å². The molecule has 2 fully saturated rings. The summed E-state index contributed by atoms with van der Waals surface area (Å²) >= 11 is 0. The van der Waals surface area contributed by atoms with Gasteiger partial charge in [-0.1, -0.05) is 25.3 Å². The fraction of sp³-hybridized carbons (Fsp3) is 0.514. The summed E-state index contributed by atoms with van der Waals surface area (Å²) < 4.78 is 36.2. The van der Waals surface area contributed by atoms with E-state index in [9.17, 15) is 22.8 Å². The fourth-order valence-corrected chi connectivity index (χ4v) is 8.66. The standard InChI is InChI=1S/C35H46N6O6S/c1-37(2)33(43)35-20-40(34(44)38(3)4)19-28(35)27-18-24(47-7)14-16-25(27)31-30(22-11-9-8-10-12-22)26-15-13-23(17-29(26)41(31)21-35)32(42)36-48(45,46)39(5)6/h13-18,22,28H,8-12,19-21H2,1-7H3,(H,36,42). The molecule has 0 bridgehead atoms. The second-order valence-corrected chi connectivity index (χ2v) is 15.9. The molecule has 1 aliphatic carbocycles. The van der Waals surface area contributed by atoms with E-state index in [1.807, 2.05) is 18.2 Å². The van der Waals surface area contributed by atoms with Gasteiger partial charge in [-0.3, -0.25) is 9.59 Å². The third-order valence-corrected chi connectivity index (χ3v) is 11.8. The first-order chi connectivity index (χ1) is 22.7. The molecule has 1 aromatic heterocycles. The van der Waals surface area contributed by atoms with Crippen molar-refractivity contribution in [3.8, 4) is 17.0 Å². The molecule has 3 aliphatic rings. The van der Waals surface area contributed by atoms with Crippen LogP contribution in [0.25, 0.3) is 22.2 Å². The third kappa shape index (κ3) is 5.50. The third-order valence-electron chi connectivity index (χ3n) is 10.4. The number of benzene rings is 2. The van der Waals surface area contributed by atoms with Gasteiger partial charge in [-0.05, 0) is 60.2 Å². The average molecular weight is 679 g/mol. The van der Waals surface area contributed by atoms with Crippen LogP contribution in [0.2, 0.25) is 0 Å². The first-order valence-electron chi connectivity index (χ1n) is 16.5. The minimum Gasteiger partial charge on any atom is -0.497 e. The quantitative estimate of drug-likeness (QED) is 0.420. The van der Waals surface area contributed by atoms with Crippen LogP contribution in [0.3, 0.4) is 0 Å². The van der Waals surface area contributed by atoms with Crippen molar-refractivity contribution in [2.45, 2.75) is 50.5 Å². The molecule has 6 rings (SSSR count). The number of likely N-dealkylation sites (tertiary alicyclic amines) is 1. The van der Waals surface area contributed by atoms with E-state index in [2.05, 4.69) is 15.4 Å². The molecular formula is C35H46N6O6S. The SMILES string of the molecule is COc1ccc2c(c1)C1CN(C(=O)N(C)C)CC1(C(=O)N(C)C)Cn1c-2c(C2CCCCC2)c2ccc(C(=O)NS(=O)(=O)N(C)C)cc21. The van der Waals surface area contributed by atoms with Crippen LogP contribution in [0, 0.1) is 5.41 Å². The molecule has 1 saturated carbocycles. The van der Waals surface area contributed by atoms with E-state index in [1.165, 1.54) is 31.0 Å². The summed E-state index contributed by atoms with van der Waals surface area (Å²) in [6, 6.07) is 11.2. The molecule has 0 radical (unpaired) electrons. The maximum absolute atomic E-state index is 14.6. The summed E-state index contributed by atoms with van der Waals surface area (Å²) in [4.78, 5) is 46.4. The highest BCUT2D eigenvalue weighted by molar-refractivity contribution is 7.87. The lowest BCUT2D eigenvalue weighted by atomic mass is 9.72. The van der Waals surface area contributed by atoms with Crippen molar-refractivity contribution in [3.63, 3.8) is 0 Å². The molecule has 1 saturated heterocycles. The Bertz CT molecular complexity index is 1890. The van der Waals surface area contributed by atoms with Crippen molar-refractivity contribution in [1.82, 2.24) is 28.3 Å². The molecule has 2 atom stereocenters. The highest BCUT2D eigenvalue weighted by atomic mass is 32.2. The lowest BCUT2D eigenvalue weighted by Gasteiger charge is -2.35. The van der Waals surface area contributed by atoms with Crippen LogP contribution in [0.15, 0.2) is 36.4 Å². The molecule has 258 valence electrons. The Labute approximate surface area is 282 Å². The normalized spacial score (nSPS) is 20.9. The Hall–Kier alpha value is -4.10. The lowest BCUT2D eigenvalue weighted by Crippen LogP contribution is -2.48. The first-order valence-corrected chi connectivity index (χ1v) is 17.9. The van der Waals surface area contributed by atoms with Gasteiger partial charge in [-0.2, -0.15) is 12.7 Å². The van der Waals surface area contributed by atoms with E-state index in [4.69, 9.17) is 4.74 Å². The average Bonchev–Trinajstić information content (AvgIpc) is 3.56. The van der Waals surface area contributed by atoms with Gasteiger partial charge in [-0.15, -0.1) is 0 Å². The van der Waals surface area contributed by atoms with Crippen LogP contribution in [0.1, 0.15) is 65.4 Å². The molecule has 3 aromatic rings. The van der Waals surface area contributed by atoms with Crippen molar-refractivity contribution < 1.29 is 27.5 Å². The summed E-state index contributed by atoms with van der Waals surface area (Å²) in [6.45, 7) is 0.832. The topological polar surface area (TPSA) is 124 Å². The second-order valence-electron chi connectivity index (χ2n) is 14.1. The zero-order valence-electron chi connectivity index (χ0n) is 28.9. The van der Waals surface area contributed by atoms with Gasteiger partial charge in [0.05, 0.1) is 18.2 Å². The zero-order valence-corrected chi connectivity index (χ0v) is 29.7. The number of carbonyl (C=O) groups is 3. The van der Waals surface area contributed by atoms with Crippen molar-refractivity contribution >= 4 is 39.0 Å². The predicted octanol–water partition coefficient (Wildman–Crippen LogP) is 4.07. The van der Waals surface area contributed by atoms with E-state index in [0.29, 0.717) is 12.3 Å². The molecule has 2 aliphatic heterocycles. The Kier molecular flexibility index (Phi) is 8.74. The smallest absolute Gasteiger partial charge is 0.319 e. The van der Waals surface area contributed by atoms with Crippen LogP contribution >= 0.6 is 0 Å². The summed E-state index contributed by atoms with van der Waals surface area (Å²) in [5.41, 5.74) is 4.05. The first kappa shape index (κ1) is 33.8. The number of nitrogens with zero attached hydrogens (tertiary/aromatic N) is 5. The summed E-state index contributed by atoms with van der Waals surface area (Å²) in [6.07, 6.45) is 5.46. The minimum atomic E-state index is -4.02. The molecule has 0 spiro atoms. The Morgan fingerprint density at radius 1 is 0.917 bits per heavy atom. The number of amides is 4. The monoisotopic (exact) mass is 678 g/mol. The number of rotatable bonds is 6. The van der Waals surface area contributed by atoms with Gasteiger partial charge in [0.15, 0.2) is 0 Å². The Balaban J connectivity index is 1.66. The van der Waals surface area contributed by atoms with Gasteiger partial charge in [0.25, 0.3) is 5.91 Å². The molecule has 13 heteroatoms. The maximum atomic E-state index is 14.6. The fourth-order valence-electron chi connectivity index (χ4n) is 8.12. The van der Waals surface area contributed by atoms with E-state index in [-0.39, 0.29) is 42.4 Å². The number of hydrogen-bond donors (Lipinski definition) is 1. The number of aromatic nitrogens is 1. The van der Waals surface area contributed by atoms with Crippen molar-refractivity contribution in [2.75, 3.05) is 62.5 Å². The molecule has 3 heterocycles. The predicted molar refractivity (Wildman–Crippen MR) is 184 cm³/mol. The van der Waals surface area contributed by atoms with E-state index >= 15 is 0 Å².